The molecule has 20 heavy (non-hydrogen) atoms. The van der Waals surface area contributed by atoms with Gasteiger partial charge < -0.3 is 21.1 Å². The summed E-state index contributed by atoms with van der Waals surface area (Å²) in [6.07, 6.45) is 0.298. The molecule has 1 aliphatic heterocycles. The third kappa shape index (κ3) is 3.55. The van der Waals surface area contributed by atoms with Gasteiger partial charge in [-0.2, -0.15) is 0 Å². The number of primary amides is 1. The smallest absolute Gasteiger partial charge is 0.251 e. The summed E-state index contributed by atoms with van der Waals surface area (Å²) in [7, 11) is 0. The number of hydrogen-bond donors (Lipinski definition) is 3. The summed E-state index contributed by atoms with van der Waals surface area (Å²) in [4.78, 5) is 23.5. The third-order valence-corrected chi connectivity index (χ3v) is 3.22. The second-order valence-corrected chi connectivity index (χ2v) is 4.84. The summed E-state index contributed by atoms with van der Waals surface area (Å²) in [5.41, 5.74) is 6.91. The SMILES string of the molecule is Cc1cccc(NC(=O)CC2COCCN2)c1C(N)=O. The van der Waals surface area contributed by atoms with Gasteiger partial charge >= 0.3 is 0 Å². The monoisotopic (exact) mass is 277 g/mol. The van der Waals surface area contributed by atoms with Crippen LogP contribution in [0.3, 0.4) is 0 Å². The largest absolute Gasteiger partial charge is 0.378 e. The highest BCUT2D eigenvalue weighted by atomic mass is 16.5. The van der Waals surface area contributed by atoms with Crippen molar-refractivity contribution in [1.82, 2.24) is 5.32 Å². The van der Waals surface area contributed by atoms with Crippen LogP contribution < -0.4 is 16.4 Å². The molecule has 1 aromatic rings. The Labute approximate surface area is 117 Å². The number of rotatable bonds is 4. The van der Waals surface area contributed by atoms with E-state index in [1.54, 1.807) is 25.1 Å². The highest BCUT2D eigenvalue weighted by Gasteiger charge is 2.18. The Balaban J connectivity index is 2.04. The Kier molecular flexibility index (Phi) is 4.70. The normalized spacial score (nSPS) is 18.6. The second kappa shape index (κ2) is 6.49. The number of nitrogens with two attached hydrogens (primary N) is 1. The molecule has 1 aromatic carbocycles. The molecule has 1 heterocycles. The number of aryl methyl sites for hydroxylation is 1. The van der Waals surface area contributed by atoms with Gasteiger partial charge in [0.1, 0.15) is 0 Å². The van der Waals surface area contributed by atoms with Crippen LogP contribution in [-0.4, -0.2) is 37.6 Å². The van der Waals surface area contributed by atoms with Crippen LogP contribution >= 0.6 is 0 Å². The summed E-state index contributed by atoms with van der Waals surface area (Å²) in [6.45, 7) is 3.72. The van der Waals surface area contributed by atoms with Gasteiger partial charge in [0, 0.05) is 19.0 Å². The first-order valence-corrected chi connectivity index (χ1v) is 6.58. The third-order valence-electron chi connectivity index (χ3n) is 3.22. The average Bonchev–Trinajstić information content (AvgIpc) is 2.39. The Morgan fingerprint density at radius 1 is 1.50 bits per heavy atom. The van der Waals surface area contributed by atoms with Gasteiger partial charge in [-0.25, -0.2) is 0 Å². The van der Waals surface area contributed by atoms with Crippen molar-refractivity contribution in [1.29, 1.82) is 0 Å². The number of carbonyl (C=O) groups is 2. The van der Waals surface area contributed by atoms with Crippen LogP contribution in [0.5, 0.6) is 0 Å². The lowest BCUT2D eigenvalue weighted by molar-refractivity contribution is -0.117. The highest BCUT2D eigenvalue weighted by Crippen LogP contribution is 2.19. The molecule has 2 rings (SSSR count). The fourth-order valence-corrected chi connectivity index (χ4v) is 2.27. The van der Waals surface area contributed by atoms with Gasteiger partial charge in [-0.1, -0.05) is 12.1 Å². The lowest BCUT2D eigenvalue weighted by Gasteiger charge is -2.23. The van der Waals surface area contributed by atoms with Gasteiger partial charge in [0.05, 0.1) is 24.5 Å². The lowest BCUT2D eigenvalue weighted by atomic mass is 10.1. The molecule has 108 valence electrons. The van der Waals surface area contributed by atoms with Crippen LogP contribution in [0.15, 0.2) is 18.2 Å². The van der Waals surface area contributed by atoms with Crippen LogP contribution in [-0.2, 0) is 9.53 Å². The van der Waals surface area contributed by atoms with E-state index >= 15 is 0 Å². The quantitative estimate of drug-likeness (QED) is 0.743. The van der Waals surface area contributed by atoms with E-state index in [1.807, 2.05) is 0 Å². The van der Waals surface area contributed by atoms with E-state index < -0.39 is 5.91 Å². The molecule has 0 radical (unpaired) electrons. The molecule has 0 aromatic heterocycles. The van der Waals surface area contributed by atoms with Crippen molar-refractivity contribution in [2.45, 2.75) is 19.4 Å². The number of carbonyl (C=O) groups excluding carboxylic acids is 2. The summed E-state index contributed by atoms with van der Waals surface area (Å²) >= 11 is 0. The summed E-state index contributed by atoms with van der Waals surface area (Å²) < 4.78 is 5.30. The van der Waals surface area contributed by atoms with E-state index in [1.165, 1.54) is 0 Å². The van der Waals surface area contributed by atoms with Crippen molar-refractivity contribution in [3.05, 3.63) is 29.3 Å². The van der Waals surface area contributed by atoms with Crippen molar-refractivity contribution in [3.8, 4) is 0 Å². The number of nitrogens with one attached hydrogen (secondary N) is 2. The van der Waals surface area contributed by atoms with E-state index in [9.17, 15) is 9.59 Å². The predicted octanol–water partition coefficient (Wildman–Crippen LogP) is 0.411. The number of hydrogen-bond acceptors (Lipinski definition) is 4. The number of amides is 2. The zero-order valence-electron chi connectivity index (χ0n) is 11.4. The standard InChI is InChI=1S/C14H19N3O3/c1-9-3-2-4-11(13(9)14(15)19)17-12(18)7-10-8-20-6-5-16-10/h2-4,10,16H,5-8H2,1H3,(H2,15,19)(H,17,18). The summed E-state index contributed by atoms with van der Waals surface area (Å²) in [5, 5.41) is 5.95. The molecule has 1 atom stereocenters. The maximum absolute atomic E-state index is 12.0. The fourth-order valence-electron chi connectivity index (χ4n) is 2.27. The Hall–Kier alpha value is -1.92. The minimum atomic E-state index is -0.544. The van der Waals surface area contributed by atoms with Crippen LogP contribution in [0.2, 0.25) is 0 Å². The Morgan fingerprint density at radius 2 is 2.30 bits per heavy atom. The number of ether oxygens (including phenoxy) is 1. The highest BCUT2D eigenvalue weighted by molar-refractivity contribution is 6.04. The number of morpholine rings is 1. The molecule has 1 saturated heterocycles. The van der Waals surface area contributed by atoms with Crippen LogP contribution in [0.25, 0.3) is 0 Å². The molecule has 1 unspecified atom stereocenters. The summed E-state index contributed by atoms with van der Waals surface area (Å²) in [5.74, 6) is -0.710. The van der Waals surface area contributed by atoms with E-state index in [4.69, 9.17) is 10.5 Å². The molecule has 6 heteroatoms. The van der Waals surface area contributed by atoms with Gasteiger partial charge in [0.2, 0.25) is 5.91 Å². The molecule has 0 spiro atoms. The summed E-state index contributed by atoms with van der Waals surface area (Å²) in [6, 6.07) is 5.24. The predicted molar refractivity (Wildman–Crippen MR) is 75.6 cm³/mol. The molecule has 4 N–H and O–H groups in total. The molecule has 6 nitrogen and oxygen atoms in total. The van der Waals surface area contributed by atoms with Gasteiger partial charge in [-0.15, -0.1) is 0 Å². The van der Waals surface area contributed by atoms with Crippen LogP contribution in [0.4, 0.5) is 5.69 Å². The Bertz CT molecular complexity index is 510. The molecule has 1 fully saturated rings. The molecule has 0 saturated carbocycles. The number of anilines is 1. The first kappa shape index (κ1) is 14.5. The van der Waals surface area contributed by atoms with Crippen molar-refractivity contribution >= 4 is 17.5 Å². The van der Waals surface area contributed by atoms with Crippen molar-refractivity contribution in [3.63, 3.8) is 0 Å². The fraction of sp³-hybridized carbons (Fsp3) is 0.429. The van der Waals surface area contributed by atoms with E-state index in [0.29, 0.717) is 30.9 Å². The minimum absolute atomic E-state index is 0.00517. The zero-order valence-corrected chi connectivity index (χ0v) is 11.4. The second-order valence-electron chi connectivity index (χ2n) is 4.84. The van der Waals surface area contributed by atoms with Crippen molar-refractivity contribution in [2.24, 2.45) is 5.73 Å². The lowest BCUT2D eigenvalue weighted by Crippen LogP contribution is -2.43. The average molecular weight is 277 g/mol. The van der Waals surface area contributed by atoms with Crippen LogP contribution in [0.1, 0.15) is 22.3 Å². The topological polar surface area (TPSA) is 93.4 Å². The van der Waals surface area contributed by atoms with E-state index in [-0.39, 0.29) is 11.9 Å². The first-order valence-electron chi connectivity index (χ1n) is 6.58. The first-order chi connectivity index (χ1) is 9.58. The minimum Gasteiger partial charge on any atom is -0.378 e. The molecule has 1 aliphatic rings. The van der Waals surface area contributed by atoms with Gasteiger partial charge in [0.15, 0.2) is 0 Å². The maximum atomic E-state index is 12.0. The van der Waals surface area contributed by atoms with Gasteiger partial charge in [-0.3, -0.25) is 9.59 Å². The van der Waals surface area contributed by atoms with Gasteiger partial charge in [0.25, 0.3) is 5.91 Å². The van der Waals surface area contributed by atoms with Gasteiger partial charge in [-0.05, 0) is 18.6 Å². The maximum Gasteiger partial charge on any atom is 0.251 e. The molecule has 0 aliphatic carbocycles. The zero-order chi connectivity index (χ0) is 14.5. The van der Waals surface area contributed by atoms with Crippen molar-refractivity contribution in [2.75, 3.05) is 25.1 Å². The number of benzene rings is 1. The molecule has 2 amide bonds. The molecular weight excluding hydrogens is 258 g/mol. The molecule has 0 bridgehead atoms. The van der Waals surface area contributed by atoms with Crippen LogP contribution in [0, 0.1) is 6.92 Å². The van der Waals surface area contributed by atoms with E-state index in [2.05, 4.69) is 10.6 Å². The van der Waals surface area contributed by atoms with E-state index in [0.717, 1.165) is 12.1 Å². The Morgan fingerprint density at radius 3 is 2.95 bits per heavy atom. The molecular formula is C14H19N3O3. The van der Waals surface area contributed by atoms with Crippen molar-refractivity contribution < 1.29 is 14.3 Å².